The Morgan fingerprint density at radius 3 is 2.76 bits per heavy atom. The fourth-order valence-electron chi connectivity index (χ4n) is 2.50. The van der Waals surface area contributed by atoms with Crippen molar-refractivity contribution in [3.63, 3.8) is 0 Å². The molecule has 1 aliphatic heterocycles. The highest BCUT2D eigenvalue weighted by atomic mass is 16.5. The van der Waals surface area contributed by atoms with Crippen LogP contribution in [-0.2, 0) is 9.53 Å². The number of ether oxygens (including phenoxy) is 1. The first-order valence-corrected chi connectivity index (χ1v) is 8.37. The van der Waals surface area contributed by atoms with Crippen molar-refractivity contribution in [1.82, 2.24) is 20.5 Å². The number of nitrogens with one attached hydrogen (secondary N) is 3. The molecule has 8 heteroatoms. The number of carbonyl (C=O) groups is 1. The Labute approximate surface area is 146 Å². The van der Waals surface area contributed by atoms with Crippen molar-refractivity contribution in [3.05, 3.63) is 36.0 Å². The first-order chi connectivity index (χ1) is 12.2. The summed E-state index contributed by atoms with van der Waals surface area (Å²) in [6.07, 6.45) is 3.20. The van der Waals surface area contributed by atoms with Crippen LogP contribution in [0, 0.1) is 6.92 Å². The van der Waals surface area contributed by atoms with Gasteiger partial charge in [0.1, 0.15) is 17.7 Å². The molecule has 0 bridgehead atoms. The average molecular weight is 342 g/mol. The standard InChI is InChI=1S/C17H22N6O2/c1-12-6-7-18-16(11-12)21-15-5-4-14(22-23-15)19-8-9-20-17(24)13-3-2-10-25-13/h4-7,11,13H,2-3,8-10H2,1H3,(H,19,22)(H,20,24)(H,18,21,23)/t13-/m0/s1. The third-order valence-corrected chi connectivity index (χ3v) is 3.79. The van der Waals surface area contributed by atoms with Crippen molar-refractivity contribution in [2.45, 2.75) is 25.9 Å². The molecule has 8 nitrogen and oxygen atoms in total. The van der Waals surface area contributed by atoms with E-state index in [9.17, 15) is 4.79 Å². The molecular weight excluding hydrogens is 320 g/mol. The number of anilines is 3. The topological polar surface area (TPSA) is 101 Å². The maximum atomic E-state index is 11.8. The van der Waals surface area contributed by atoms with Crippen LogP contribution in [-0.4, -0.2) is 46.9 Å². The third kappa shape index (κ3) is 5.12. The van der Waals surface area contributed by atoms with Gasteiger partial charge in [-0.2, -0.15) is 0 Å². The average Bonchev–Trinajstić information content (AvgIpc) is 3.15. The highest BCUT2D eigenvalue weighted by Crippen LogP contribution is 2.13. The maximum Gasteiger partial charge on any atom is 0.249 e. The summed E-state index contributed by atoms with van der Waals surface area (Å²) in [5.74, 6) is 1.95. The lowest BCUT2D eigenvalue weighted by atomic mass is 10.2. The van der Waals surface area contributed by atoms with Gasteiger partial charge in [0, 0.05) is 25.9 Å². The zero-order valence-electron chi connectivity index (χ0n) is 14.2. The molecule has 0 spiro atoms. The van der Waals surface area contributed by atoms with Gasteiger partial charge in [-0.05, 0) is 49.6 Å². The molecular formula is C17H22N6O2. The quantitative estimate of drug-likeness (QED) is 0.657. The minimum absolute atomic E-state index is 0.0458. The Morgan fingerprint density at radius 2 is 2.04 bits per heavy atom. The molecule has 0 aromatic carbocycles. The number of nitrogens with zero attached hydrogens (tertiary/aromatic N) is 3. The Kier molecular flexibility index (Phi) is 5.73. The molecule has 25 heavy (non-hydrogen) atoms. The first-order valence-electron chi connectivity index (χ1n) is 8.37. The second-order valence-corrected chi connectivity index (χ2v) is 5.87. The number of hydrogen-bond acceptors (Lipinski definition) is 7. The van der Waals surface area contributed by atoms with Gasteiger partial charge in [-0.15, -0.1) is 10.2 Å². The molecule has 0 aliphatic carbocycles. The molecule has 3 rings (SSSR count). The van der Waals surface area contributed by atoms with Crippen LogP contribution in [0.5, 0.6) is 0 Å². The van der Waals surface area contributed by atoms with E-state index in [4.69, 9.17) is 4.74 Å². The van der Waals surface area contributed by atoms with Gasteiger partial charge in [0.15, 0.2) is 5.82 Å². The largest absolute Gasteiger partial charge is 0.368 e. The third-order valence-electron chi connectivity index (χ3n) is 3.79. The molecule has 1 aliphatic rings. The fourth-order valence-corrected chi connectivity index (χ4v) is 2.50. The summed E-state index contributed by atoms with van der Waals surface area (Å²) in [6, 6.07) is 7.52. The zero-order chi connectivity index (χ0) is 17.5. The summed E-state index contributed by atoms with van der Waals surface area (Å²) in [4.78, 5) is 16.0. The summed E-state index contributed by atoms with van der Waals surface area (Å²) in [5.41, 5.74) is 1.12. The van der Waals surface area contributed by atoms with Crippen molar-refractivity contribution >= 4 is 23.4 Å². The fraction of sp³-hybridized carbons (Fsp3) is 0.412. The molecule has 132 valence electrons. The van der Waals surface area contributed by atoms with E-state index < -0.39 is 0 Å². The van der Waals surface area contributed by atoms with E-state index in [0.717, 1.165) is 24.2 Å². The van der Waals surface area contributed by atoms with Crippen LogP contribution in [0.25, 0.3) is 0 Å². The van der Waals surface area contributed by atoms with Crippen molar-refractivity contribution in [3.8, 4) is 0 Å². The van der Waals surface area contributed by atoms with Crippen LogP contribution >= 0.6 is 0 Å². The van der Waals surface area contributed by atoms with E-state index in [1.807, 2.05) is 31.2 Å². The normalized spacial score (nSPS) is 16.4. The van der Waals surface area contributed by atoms with Gasteiger partial charge in [0.05, 0.1) is 0 Å². The van der Waals surface area contributed by atoms with Gasteiger partial charge in [0.25, 0.3) is 0 Å². The SMILES string of the molecule is Cc1ccnc(Nc2ccc(NCCNC(=O)[C@@H]3CCCO3)nn2)c1. The number of carbonyl (C=O) groups excluding carboxylic acids is 1. The minimum atomic E-state index is -0.291. The summed E-state index contributed by atoms with van der Waals surface area (Å²) >= 11 is 0. The molecule has 1 atom stereocenters. The van der Waals surface area contributed by atoms with Gasteiger partial charge < -0.3 is 20.7 Å². The molecule has 1 saturated heterocycles. The first kappa shape index (κ1) is 17.1. The monoisotopic (exact) mass is 342 g/mol. The number of aryl methyl sites for hydroxylation is 1. The highest BCUT2D eigenvalue weighted by Gasteiger charge is 2.22. The predicted molar refractivity (Wildman–Crippen MR) is 94.8 cm³/mol. The number of hydrogen-bond donors (Lipinski definition) is 3. The van der Waals surface area contributed by atoms with Gasteiger partial charge in [0.2, 0.25) is 5.91 Å². The van der Waals surface area contributed by atoms with Crippen LogP contribution in [0.3, 0.4) is 0 Å². The molecule has 3 heterocycles. The van der Waals surface area contributed by atoms with Crippen molar-refractivity contribution in [2.24, 2.45) is 0 Å². The van der Waals surface area contributed by atoms with E-state index >= 15 is 0 Å². The van der Waals surface area contributed by atoms with Gasteiger partial charge in [-0.1, -0.05) is 0 Å². The Bertz CT molecular complexity index is 701. The van der Waals surface area contributed by atoms with E-state index in [2.05, 4.69) is 31.1 Å². The molecule has 3 N–H and O–H groups in total. The number of amides is 1. The molecule has 0 unspecified atom stereocenters. The van der Waals surface area contributed by atoms with Crippen molar-refractivity contribution in [1.29, 1.82) is 0 Å². The van der Waals surface area contributed by atoms with Gasteiger partial charge in [-0.25, -0.2) is 4.98 Å². The highest BCUT2D eigenvalue weighted by molar-refractivity contribution is 5.80. The summed E-state index contributed by atoms with van der Waals surface area (Å²) in [7, 11) is 0. The number of aromatic nitrogens is 3. The Hall–Kier alpha value is -2.74. The molecule has 1 amide bonds. The Morgan fingerprint density at radius 1 is 1.20 bits per heavy atom. The van der Waals surface area contributed by atoms with E-state index in [0.29, 0.717) is 31.3 Å². The minimum Gasteiger partial charge on any atom is -0.368 e. The van der Waals surface area contributed by atoms with Crippen LogP contribution in [0.2, 0.25) is 0 Å². The van der Waals surface area contributed by atoms with E-state index in [-0.39, 0.29) is 12.0 Å². The molecule has 2 aromatic rings. The molecule has 0 saturated carbocycles. The smallest absolute Gasteiger partial charge is 0.249 e. The van der Waals surface area contributed by atoms with Gasteiger partial charge in [-0.3, -0.25) is 4.79 Å². The lowest BCUT2D eigenvalue weighted by Gasteiger charge is -2.11. The summed E-state index contributed by atoms with van der Waals surface area (Å²) < 4.78 is 5.33. The number of rotatable bonds is 7. The van der Waals surface area contributed by atoms with Crippen LogP contribution < -0.4 is 16.0 Å². The van der Waals surface area contributed by atoms with Crippen LogP contribution in [0.4, 0.5) is 17.5 Å². The maximum absolute atomic E-state index is 11.8. The van der Waals surface area contributed by atoms with Gasteiger partial charge >= 0.3 is 0 Å². The second-order valence-electron chi connectivity index (χ2n) is 5.87. The van der Waals surface area contributed by atoms with E-state index in [1.165, 1.54) is 0 Å². The zero-order valence-corrected chi connectivity index (χ0v) is 14.2. The number of pyridine rings is 1. The predicted octanol–water partition coefficient (Wildman–Crippen LogP) is 1.63. The summed E-state index contributed by atoms with van der Waals surface area (Å²) in [6.45, 7) is 3.75. The summed E-state index contributed by atoms with van der Waals surface area (Å²) in [5, 5.41) is 17.3. The van der Waals surface area contributed by atoms with Crippen LogP contribution in [0.1, 0.15) is 18.4 Å². The second kappa shape index (κ2) is 8.39. The lowest BCUT2D eigenvalue weighted by Crippen LogP contribution is -2.36. The van der Waals surface area contributed by atoms with Crippen LogP contribution in [0.15, 0.2) is 30.5 Å². The Balaban J connectivity index is 1.41. The molecule has 0 radical (unpaired) electrons. The molecule has 2 aromatic heterocycles. The lowest BCUT2D eigenvalue weighted by molar-refractivity contribution is -0.129. The molecule has 1 fully saturated rings. The van der Waals surface area contributed by atoms with Crippen molar-refractivity contribution in [2.75, 3.05) is 30.3 Å². The van der Waals surface area contributed by atoms with E-state index in [1.54, 1.807) is 6.20 Å². The van der Waals surface area contributed by atoms with Crippen molar-refractivity contribution < 1.29 is 9.53 Å².